The number of esters is 1. The SMILES string of the molecule is COC(=O)c1cncc(NC(C)C)n1. The Morgan fingerprint density at radius 3 is 2.79 bits per heavy atom. The number of aromatic nitrogens is 2. The smallest absolute Gasteiger partial charge is 0.358 e. The number of methoxy groups -OCH3 is 1. The monoisotopic (exact) mass is 195 g/mol. The molecule has 0 fully saturated rings. The molecule has 1 rings (SSSR count). The summed E-state index contributed by atoms with van der Waals surface area (Å²) >= 11 is 0. The summed E-state index contributed by atoms with van der Waals surface area (Å²) < 4.78 is 4.53. The molecular formula is C9H13N3O2. The van der Waals surface area contributed by atoms with Gasteiger partial charge in [-0.05, 0) is 13.8 Å². The van der Waals surface area contributed by atoms with Gasteiger partial charge >= 0.3 is 5.97 Å². The average Bonchev–Trinajstić information content (AvgIpc) is 2.16. The molecule has 0 saturated heterocycles. The van der Waals surface area contributed by atoms with Crippen molar-refractivity contribution in [2.45, 2.75) is 19.9 Å². The van der Waals surface area contributed by atoms with Crippen molar-refractivity contribution in [3.63, 3.8) is 0 Å². The van der Waals surface area contributed by atoms with Gasteiger partial charge in [-0.3, -0.25) is 4.98 Å². The van der Waals surface area contributed by atoms with Crippen LogP contribution in [0.1, 0.15) is 24.3 Å². The van der Waals surface area contributed by atoms with Gasteiger partial charge in [-0.15, -0.1) is 0 Å². The van der Waals surface area contributed by atoms with Crippen LogP contribution in [0.25, 0.3) is 0 Å². The first-order chi connectivity index (χ1) is 6.63. The predicted octanol–water partition coefficient (Wildman–Crippen LogP) is 1.08. The average molecular weight is 195 g/mol. The third kappa shape index (κ3) is 2.69. The number of hydrogen-bond donors (Lipinski definition) is 1. The van der Waals surface area contributed by atoms with Crippen LogP contribution in [-0.2, 0) is 4.74 Å². The molecular weight excluding hydrogens is 182 g/mol. The Hall–Kier alpha value is -1.65. The van der Waals surface area contributed by atoms with E-state index in [-0.39, 0.29) is 11.7 Å². The predicted molar refractivity (Wildman–Crippen MR) is 52.1 cm³/mol. The Morgan fingerprint density at radius 1 is 1.50 bits per heavy atom. The third-order valence-electron chi connectivity index (χ3n) is 1.47. The highest BCUT2D eigenvalue weighted by Gasteiger charge is 2.08. The Bertz CT molecular complexity index is 326. The Morgan fingerprint density at radius 2 is 2.21 bits per heavy atom. The Kier molecular flexibility index (Phi) is 3.39. The number of nitrogens with one attached hydrogen (secondary N) is 1. The molecule has 1 aromatic heterocycles. The zero-order valence-electron chi connectivity index (χ0n) is 8.44. The number of nitrogens with zero attached hydrogens (tertiary/aromatic N) is 2. The van der Waals surface area contributed by atoms with Crippen LogP contribution >= 0.6 is 0 Å². The topological polar surface area (TPSA) is 64.1 Å². The lowest BCUT2D eigenvalue weighted by atomic mass is 10.4. The second-order valence-electron chi connectivity index (χ2n) is 3.08. The van der Waals surface area contributed by atoms with Gasteiger partial charge in [0.05, 0.1) is 19.5 Å². The van der Waals surface area contributed by atoms with Crippen LogP contribution < -0.4 is 5.32 Å². The van der Waals surface area contributed by atoms with E-state index in [9.17, 15) is 4.79 Å². The molecule has 14 heavy (non-hydrogen) atoms. The standard InChI is InChI=1S/C9H13N3O2/c1-6(2)11-8-5-10-4-7(12-8)9(13)14-3/h4-6H,1-3H3,(H,11,12). The molecule has 5 nitrogen and oxygen atoms in total. The molecule has 5 heteroatoms. The Balaban J connectivity index is 2.84. The van der Waals surface area contributed by atoms with Crippen molar-refractivity contribution in [3.8, 4) is 0 Å². The van der Waals surface area contributed by atoms with Gasteiger partial charge in [-0.25, -0.2) is 9.78 Å². The lowest BCUT2D eigenvalue weighted by Crippen LogP contribution is -2.13. The van der Waals surface area contributed by atoms with Crippen LogP contribution in [0.4, 0.5) is 5.82 Å². The van der Waals surface area contributed by atoms with Crippen molar-refractivity contribution in [1.29, 1.82) is 0 Å². The van der Waals surface area contributed by atoms with Crippen molar-refractivity contribution in [3.05, 3.63) is 18.1 Å². The van der Waals surface area contributed by atoms with E-state index >= 15 is 0 Å². The van der Waals surface area contributed by atoms with Crippen LogP contribution in [-0.4, -0.2) is 29.1 Å². The largest absolute Gasteiger partial charge is 0.464 e. The highest BCUT2D eigenvalue weighted by Crippen LogP contribution is 2.04. The molecule has 76 valence electrons. The number of rotatable bonds is 3. The molecule has 0 amide bonds. The van der Waals surface area contributed by atoms with Crippen molar-refractivity contribution in [2.75, 3.05) is 12.4 Å². The third-order valence-corrected chi connectivity index (χ3v) is 1.47. The number of carbonyl (C=O) groups is 1. The molecule has 0 bridgehead atoms. The lowest BCUT2D eigenvalue weighted by Gasteiger charge is -2.08. The van der Waals surface area contributed by atoms with E-state index in [4.69, 9.17) is 0 Å². The molecule has 0 aliphatic rings. The van der Waals surface area contributed by atoms with Crippen LogP contribution in [0.3, 0.4) is 0 Å². The summed E-state index contributed by atoms with van der Waals surface area (Å²) in [6.07, 6.45) is 2.93. The van der Waals surface area contributed by atoms with Crippen molar-refractivity contribution in [1.82, 2.24) is 9.97 Å². The second-order valence-corrected chi connectivity index (χ2v) is 3.08. The molecule has 0 atom stereocenters. The number of ether oxygens (including phenoxy) is 1. The summed E-state index contributed by atoms with van der Waals surface area (Å²) in [6, 6.07) is 0.247. The minimum atomic E-state index is -0.482. The quantitative estimate of drug-likeness (QED) is 0.731. The maximum absolute atomic E-state index is 11.1. The van der Waals surface area contributed by atoms with Crippen LogP contribution in [0.2, 0.25) is 0 Å². The highest BCUT2D eigenvalue weighted by atomic mass is 16.5. The van der Waals surface area contributed by atoms with Gasteiger partial charge in [-0.2, -0.15) is 0 Å². The van der Waals surface area contributed by atoms with Gasteiger partial charge in [0.15, 0.2) is 5.69 Å². The van der Waals surface area contributed by atoms with Crippen molar-refractivity contribution in [2.24, 2.45) is 0 Å². The number of hydrogen-bond acceptors (Lipinski definition) is 5. The molecule has 0 aliphatic heterocycles. The molecule has 0 aliphatic carbocycles. The van der Waals surface area contributed by atoms with Gasteiger partial charge in [0.1, 0.15) is 5.82 Å². The van der Waals surface area contributed by atoms with Gasteiger partial charge < -0.3 is 10.1 Å². The minimum absolute atomic E-state index is 0.207. The van der Waals surface area contributed by atoms with Crippen LogP contribution in [0.15, 0.2) is 12.4 Å². The van der Waals surface area contributed by atoms with Gasteiger partial charge in [0.2, 0.25) is 0 Å². The first-order valence-electron chi connectivity index (χ1n) is 4.30. The Labute approximate surface area is 82.5 Å². The minimum Gasteiger partial charge on any atom is -0.464 e. The fraction of sp³-hybridized carbons (Fsp3) is 0.444. The summed E-state index contributed by atoms with van der Waals surface area (Å²) in [6.45, 7) is 3.96. The molecule has 0 unspecified atom stereocenters. The maximum atomic E-state index is 11.1. The molecule has 1 aromatic rings. The highest BCUT2D eigenvalue weighted by molar-refractivity contribution is 5.87. The zero-order valence-corrected chi connectivity index (χ0v) is 8.44. The van der Waals surface area contributed by atoms with E-state index in [0.29, 0.717) is 5.82 Å². The van der Waals surface area contributed by atoms with Gasteiger partial charge in [-0.1, -0.05) is 0 Å². The molecule has 1 N–H and O–H groups in total. The first kappa shape index (κ1) is 10.4. The van der Waals surface area contributed by atoms with Crippen molar-refractivity contribution < 1.29 is 9.53 Å². The van der Waals surface area contributed by atoms with Crippen LogP contribution in [0.5, 0.6) is 0 Å². The van der Waals surface area contributed by atoms with Gasteiger partial charge in [0.25, 0.3) is 0 Å². The number of carbonyl (C=O) groups excluding carboxylic acids is 1. The van der Waals surface area contributed by atoms with E-state index in [2.05, 4.69) is 20.0 Å². The molecule has 0 saturated carbocycles. The van der Waals surface area contributed by atoms with Crippen molar-refractivity contribution >= 4 is 11.8 Å². The number of anilines is 1. The zero-order chi connectivity index (χ0) is 10.6. The lowest BCUT2D eigenvalue weighted by molar-refractivity contribution is 0.0593. The van der Waals surface area contributed by atoms with E-state index in [1.54, 1.807) is 6.20 Å². The molecule has 0 aromatic carbocycles. The molecule has 0 spiro atoms. The summed E-state index contributed by atoms with van der Waals surface area (Å²) in [4.78, 5) is 19.0. The van der Waals surface area contributed by atoms with E-state index < -0.39 is 5.97 Å². The normalized spacial score (nSPS) is 10.0. The fourth-order valence-electron chi connectivity index (χ4n) is 0.934. The van der Waals surface area contributed by atoms with Crippen LogP contribution in [0, 0.1) is 0 Å². The van der Waals surface area contributed by atoms with E-state index in [1.165, 1.54) is 13.3 Å². The molecule has 1 heterocycles. The summed E-state index contributed by atoms with van der Waals surface area (Å²) in [7, 11) is 1.31. The van der Waals surface area contributed by atoms with E-state index in [0.717, 1.165) is 0 Å². The van der Waals surface area contributed by atoms with Gasteiger partial charge in [0, 0.05) is 6.04 Å². The van der Waals surface area contributed by atoms with E-state index in [1.807, 2.05) is 13.8 Å². The molecule has 0 radical (unpaired) electrons. The maximum Gasteiger partial charge on any atom is 0.358 e. The summed E-state index contributed by atoms with van der Waals surface area (Å²) in [5.41, 5.74) is 0.207. The fourth-order valence-corrected chi connectivity index (χ4v) is 0.934. The second kappa shape index (κ2) is 4.55. The first-order valence-corrected chi connectivity index (χ1v) is 4.30. The summed E-state index contributed by atoms with van der Waals surface area (Å²) in [5.74, 6) is 0.0906. The summed E-state index contributed by atoms with van der Waals surface area (Å²) in [5, 5.41) is 3.04.